The summed E-state index contributed by atoms with van der Waals surface area (Å²) < 4.78 is 14.1. The van der Waals surface area contributed by atoms with Gasteiger partial charge in [0.25, 0.3) is 0 Å². The van der Waals surface area contributed by atoms with Gasteiger partial charge in [0.2, 0.25) is 0 Å². The van der Waals surface area contributed by atoms with Crippen LogP contribution < -0.4 is 4.74 Å². The molecule has 0 saturated carbocycles. The molecular formula is C48H30N2OS2. The monoisotopic (exact) mass is 714 g/mol. The molecule has 4 heterocycles. The van der Waals surface area contributed by atoms with E-state index in [0.717, 1.165) is 22.7 Å². The maximum Gasteiger partial charge on any atom is 0.128 e. The highest BCUT2D eigenvalue weighted by atomic mass is 32.2. The van der Waals surface area contributed by atoms with Gasteiger partial charge in [0.15, 0.2) is 0 Å². The molecule has 2 unspecified atom stereocenters. The lowest BCUT2D eigenvalue weighted by Gasteiger charge is -2.21. The maximum atomic E-state index is 6.70. The third-order valence-electron chi connectivity index (χ3n) is 11.1. The number of benzene rings is 7. The molecule has 0 spiro atoms. The number of rotatable bonds is 4. The lowest BCUT2D eigenvalue weighted by Crippen LogP contribution is -2.11. The van der Waals surface area contributed by atoms with E-state index in [1.807, 2.05) is 23.1 Å². The van der Waals surface area contributed by atoms with Crippen molar-refractivity contribution in [2.45, 2.75) is 16.1 Å². The molecule has 2 atom stereocenters. The van der Waals surface area contributed by atoms with E-state index < -0.39 is 0 Å². The Morgan fingerprint density at radius 1 is 0.491 bits per heavy atom. The topological polar surface area (TPSA) is 19.1 Å². The van der Waals surface area contributed by atoms with Crippen molar-refractivity contribution in [3.8, 4) is 17.2 Å². The van der Waals surface area contributed by atoms with Crippen LogP contribution in [0.25, 0.3) is 75.2 Å². The van der Waals surface area contributed by atoms with Crippen LogP contribution in [0.2, 0.25) is 0 Å². The number of nitrogens with zero attached hydrogens (tertiary/aromatic N) is 2. The first kappa shape index (κ1) is 29.6. The number of fused-ring (bicyclic) bond motifs is 12. The van der Waals surface area contributed by atoms with Crippen molar-refractivity contribution in [1.82, 2.24) is 9.13 Å². The SMILES string of the molecule is C1=CC2Sc3ccccc3C2C=C1n1c2ccccc2c2cc(Oc3ccc4c(c3)c3ccccc3n4-c3ccc4sc5ccccc5c4c3)ccc21. The second kappa shape index (κ2) is 11.2. The number of para-hydroxylation sites is 2. The zero-order chi connectivity index (χ0) is 34.6. The minimum atomic E-state index is 0.370. The fourth-order valence-electron chi connectivity index (χ4n) is 8.76. The lowest BCUT2D eigenvalue weighted by molar-refractivity contribution is 0.484. The summed E-state index contributed by atoms with van der Waals surface area (Å²) in [6, 6.07) is 54.9. The molecule has 0 N–H and O–H groups in total. The van der Waals surface area contributed by atoms with Gasteiger partial charge in [-0.05, 0) is 90.5 Å². The molecule has 53 heavy (non-hydrogen) atoms. The molecule has 7 aromatic carbocycles. The summed E-state index contributed by atoms with van der Waals surface area (Å²) in [6.45, 7) is 0. The highest BCUT2D eigenvalue weighted by Gasteiger charge is 2.32. The summed E-state index contributed by atoms with van der Waals surface area (Å²) in [6.07, 6.45) is 7.16. The van der Waals surface area contributed by atoms with Crippen LogP contribution >= 0.6 is 23.1 Å². The van der Waals surface area contributed by atoms with Crippen molar-refractivity contribution < 1.29 is 4.74 Å². The maximum absolute atomic E-state index is 6.70. The van der Waals surface area contributed by atoms with E-state index in [9.17, 15) is 0 Å². The minimum Gasteiger partial charge on any atom is -0.457 e. The van der Waals surface area contributed by atoms with E-state index in [-0.39, 0.29) is 0 Å². The van der Waals surface area contributed by atoms with E-state index in [2.05, 4.69) is 179 Å². The highest BCUT2D eigenvalue weighted by Crippen LogP contribution is 2.50. The second-order valence-corrected chi connectivity index (χ2v) is 16.3. The second-order valence-electron chi connectivity index (χ2n) is 14.0. The molecule has 10 aromatic rings. The van der Waals surface area contributed by atoms with Crippen molar-refractivity contribution in [3.63, 3.8) is 0 Å². The standard InChI is InChI=1S/C48H30N2OS2/c1-5-13-41-33(9-1)37-27-31(19-21-43(37)49(41)29-17-23-47-39(25-29)35-11-3-7-15-45(35)52-47)51-32-20-22-44-38(28-32)34-10-2-6-14-42(34)50(44)30-18-24-48-40(26-30)36-12-4-8-16-46(36)53-48/h1-28,39,47H. The van der Waals surface area contributed by atoms with Crippen LogP contribution in [-0.2, 0) is 0 Å². The quantitative estimate of drug-likeness (QED) is 0.181. The van der Waals surface area contributed by atoms with Crippen LogP contribution in [0, 0.1) is 0 Å². The van der Waals surface area contributed by atoms with E-state index in [0.29, 0.717) is 11.2 Å². The summed E-state index contributed by atoms with van der Waals surface area (Å²) in [5, 5.41) is 7.84. The Bertz CT molecular complexity index is 3210. The number of aromatic nitrogens is 2. The van der Waals surface area contributed by atoms with Crippen LogP contribution in [0.15, 0.2) is 175 Å². The number of hydrogen-bond acceptors (Lipinski definition) is 3. The van der Waals surface area contributed by atoms with Gasteiger partial charge in [0, 0.05) is 69.2 Å². The third-order valence-corrected chi connectivity index (χ3v) is 13.6. The van der Waals surface area contributed by atoms with Crippen molar-refractivity contribution in [1.29, 1.82) is 0 Å². The first-order valence-electron chi connectivity index (χ1n) is 18.1. The van der Waals surface area contributed by atoms with E-state index in [4.69, 9.17) is 4.74 Å². The first-order chi connectivity index (χ1) is 26.2. The first-order valence-corrected chi connectivity index (χ1v) is 19.8. The molecule has 2 aliphatic rings. The predicted octanol–water partition coefficient (Wildman–Crippen LogP) is 13.7. The highest BCUT2D eigenvalue weighted by molar-refractivity contribution is 8.00. The van der Waals surface area contributed by atoms with E-state index in [1.165, 1.54) is 74.4 Å². The number of thiophene rings is 1. The number of thioether (sulfide) groups is 1. The molecule has 250 valence electrons. The number of hydrogen-bond donors (Lipinski definition) is 0. The van der Waals surface area contributed by atoms with Crippen LogP contribution in [0.4, 0.5) is 0 Å². The molecule has 12 rings (SSSR count). The average molecular weight is 715 g/mol. The Morgan fingerprint density at radius 3 is 1.91 bits per heavy atom. The summed E-state index contributed by atoms with van der Waals surface area (Å²) in [4.78, 5) is 1.39. The zero-order valence-electron chi connectivity index (χ0n) is 28.4. The van der Waals surface area contributed by atoms with Gasteiger partial charge in [-0.1, -0.05) is 84.9 Å². The molecule has 0 radical (unpaired) electrons. The van der Waals surface area contributed by atoms with Crippen molar-refractivity contribution in [2.75, 3.05) is 0 Å². The van der Waals surface area contributed by atoms with Gasteiger partial charge in [-0.15, -0.1) is 23.1 Å². The van der Waals surface area contributed by atoms with Gasteiger partial charge in [-0.2, -0.15) is 0 Å². The van der Waals surface area contributed by atoms with E-state index in [1.54, 1.807) is 0 Å². The number of ether oxygens (including phenoxy) is 1. The number of allylic oxidation sites excluding steroid dienone is 3. The van der Waals surface area contributed by atoms with Crippen LogP contribution in [0.3, 0.4) is 0 Å². The largest absolute Gasteiger partial charge is 0.457 e. The molecule has 0 fully saturated rings. The molecule has 0 saturated heterocycles. The van der Waals surface area contributed by atoms with Crippen molar-refractivity contribution in [3.05, 3.63) is 175 Å². The predicted molar refractivity (Wildman–Crippen MR) is 225 cm³/mol. The van der Waals surface area contributed by atoms with Gasteiger partial charge >= 0.3 is 0 Å². The fraction of sp³-hybridized carbons (Fsp3) is 0.0417. The molecule has 5 heteroatoms. The molecule has 3 aromatic heterocycles. The smallest absolute Gasteiger partial charge is 0.128 e. The zero-order valence-corrected chi connectivity index (χ0v) is 30.1. The Kier molecular flexibility index (Phi) is 6.27. The summed E-state index contributed by atoms with van der Waals surface area (Å²) in [5.41, 5.74) is 8.54. The van der Waals surface area contributed by atoms with Crippen molar-refractivity contribution in [2.24, 2.45) is 0 Å². The third kappa shape index (κ3) is 4.41. The fourth-order valence-corrected chi connectivity index (χ4v) is 11.2. The van der Waals surface area contributed by atoms with Gasteiger partial charge in [0.1, 0.15) is 11.5 Å². The molecule has 1 aliphatic heterocycles. The van der Waals surface area contributed by atoms with Crippen LogP contribution in [0.1, 0.15) is 11.5 Å². The van der Waals surface area contributed by atoms with Crippen molar-refractivity contribution >= 4 is 92.6 Å². The van der Waals surface area contributed by atoms with Crippen LogP contribution in [0.5, 0.6) is 11.5 Å². The summed E-state index contributed by atoms with van der Waals surface area (Å²) >= 11 is 3.83. The Balaban J connectivity index is 0.949. The van der Waals surface area contributed by atoms with Gasteiger partial charge in [0.05, 0.1) is 22.1 Å². The van der Waals surface area contributed by atoms with Gasteiger partial charge in [-0.3, -0.25) is 0 Å². The van der Waals surface area contributed by atoms with Gasteiger partial charge in [-0.25, -0.2) is 0 Å². The summed E-state index contributed by atoms with van der Waals surface area (Å²) in [7, 11) is 0. The lowest BCUT2D eigenvalue weighted by atomic mass is 9.91. The van der Waals surface area contributed by atoms with Gasteiger partial charge < -0.3 is 13.9 Å². The molecule has 0 amide bonds. The average Bonchev–Trinajstić information content (AvgIpc) is 3.95. The van der Waals surface area contributed by atoms with E-state index >= 15 is 0 Å². The molecular weight excluding hydrogens is 685 g/mol. The Labute approximate surface area is 313 Å². The molecule has 3 nitrogen and oxygen atoms in total. The Morgan fingerprint density at radius 2 is 1.11 bits per heavy atom. The minimum absolute atomic E-state index is 0.370. The Hall–Kier alpha value is -6.01. The summed E-state index contributed by atoms with van der Waals surface area (Å²) in [5.74, 6) is 2.02. The normalized spacial score (nSPS) is 16.6. The van der Waals surface area contributed by atoms with Crippen LogP contribution in [-0.4, -0.2) is 14.4 Å². The molecule has 0 bridgehead atoms. The molecule has 1 aliphatic carbocycles.